The third-order valence-electron chi connectivity index (χ3n) is 5.05. The van der Waals surface area contributed by atoms with Crippen molar-refractivity contribution in [3.63, 3.8) is 0 Å². The lowest BCUT2D eigenvalue weighted by molar-refractivity contribution is 0.0951. The fraction of sp³-hybridized carbons (Fsp3) is 0.115. The van der Waals surface area contributed by atoms with Gasteiger partial charge in [0.1, 0.15) is 17.8 Å². The van der Waals surface area contributed by atoms with Crippen LogP contribution in [0.3, 0.4) is 0 Å². The van der Waals surface area contributed by atoms with Gasteiger partial charge in [0.25, 0.3) is 5.91 Å². The Morgan fingerprint density at radius 2 is 1.69 bits per heavy atom. The van der Waals surface area contributed by atoms with Crippen LogP contribution in [-0.2, 0) is 6.54 Å². The fourth-order valence-corrected chi connectivity index (χ4v) is 3.22. The molecule has 0 saturated carbocycles. The molecule has 1 amide bonds. The highest BCUT2D eigenvalue weighted by atomic mass is 16.5. The van der Waals surface area contributed by atoms with Crippen LogP contribution in [0.4, 0.5) is 0 Å². The molecule has 4 aromatic rings. The highest BCUT2D eigenvalue weighted by Crippen LogP contribution is 2.26. The van der Waals surface area contributed by atoms with Gasteiger partial charge in [-0.3, -0.25) is 4.79 Å². The van der Waals surface area contributed by atoms with E-state index in [1.165, 1.54) is 6.33 Å². The molecule has 0 fully saturated rings. The molecule has 1 heterocycles. The summed E-state index contributed by atoms with van der Waals surface area (Å²) in [6.07, 6.45) is 1.45. The van der Waals surface area contributed by atoms with Crippen molar-refractivity contribution in [2.75, 3.05) is 7.11 Å². The standard InChI is InChI=1S/C26H23N3O3/c1-18-6-3-4-7-21(18)16-27-26(30)20-12-10-19(11-13-20)24-15-25(29-17-28-24)32-23-9-5-8-22(14-23)31-2/h3-15,17H,16H2,1-2H3,(H,27,30). The SMILES string of the molecule is COc1cccc(Oc2cc(-c3ccc(C(=O)NCc4ccccc4C)cc3)ncn2)c1. The summed E-state index contributed by atoms with van der Waals surface area (Å²) in [5.74, 6) is 1.62. The van der Waals surface area contributed by atoms with Gasteiger partial charge in [-0.05, 0) is 42.3 Å². The number of rotatable bonds is 7. The fourth-order valence-electron chi connectivity index (χ4n) is 3.22. The second-order valence-electron chi connectivity index (χ2n) is 7.21. The Labute approximate surface area is 186 Å². The Morgan fingerprint density at radius 1 is 0.906 bits per heavy atom. The largest absolute Gasteiger partial charge is 0.497 e. The van der Waals surface area contributed by atoms with Crippen molar-refractivity contribution in [2.24, 2.45) is 0 Å². The summed E-state index contributed by atoms with van der Waals surface area (Å²) in [4.78, 5) is 21.0. The normalized spacial score (nSPS) is 10.4. The number of carbonyl (C=O) groups excluding carboxylic acids is 1. The molecule has 3 aromatic carbocycles. The van der Waals surface area contributed by atoms with E-state index in [1.54, 1.807) is 31.4 Å². The van der Waals surface area contributed by atoms with Crippen LogP contribution in [0.15, 0.2) is 85.2 Å². The maximum atomic E-state index is 12.5. The smallest absolute Gasteiger partial charge is 0.251 e. The molecule has 6 nitrogen and oxygen atoms in total. The van der Waals surface area contributed by atoms with Crippen molar-refractivity contribution in [1.29, 1.82) is 0 Å². The molecule has 0 unspecified atom stereocenters. The van der Waals surface area contributed by atoms with E-state index in [0.29, 0.717) is 35.2 Å². The summed E-state index contributed by atoms with van der Waals surface area (Å²) in [6.45, 7) is 2.52. The number of aromatic nitrogens is 2. The lowest BCUT2D eigenvalue weighted by atomic mass is 10.1. The summed E-state index contributed by atoms with van der Waals surface area (Å²) in [5, 5.41) is 2.97. The minimum atomic E-state index is -0.121. The number of ether oxygens (including phenoxy) is 2. The third-order valence-corrected chi connectivity index (χ3v) is 5.05. The molecular weight excluding hydrogens is 402 g/mol. The first kappa shape index (κ1) is 21.1. The molecule has 0 radical (unpaired) electrons. The zero-order valence-electron chi connectivity index (χ0n) is 17.9. The molecule has 0 aliphatic carbocycles. The van der Waals surface area contributed by atoms with Gasteiger partial charge < -0.3 is 14.8 Å². The summed E-state index contributed by atoms with van der Waals surface area (Å²) in [5.41, 5.74) is 4.40. The molecule has 0 bridgehead atoms. The minimum absolute atomic E-state index is 0.121. The Balaban J connectivity index is 1.44. The first-order valence-electron chi connectivity index (χ1n) is 10.2. The van der Waals surface area contributed by atoms with Gasteiger partial charge in [0.05, 0.1) is 12.8 Å². The molecule has 4 rings (SSSR count). The average Bonchev–Trinajstić information content (AvgIpc) is 2.84. The van der Waals surface area contributed by atoms with Crippen LogP contribution in [-0.4, -0.2) is 23.0 Å². The Morgan fingerprint density at radius 3 is 2.47 bits per heavy atom. The van der Waals surface area contributed by atoms with Gasteiger partial charge in [-0.15, -0.1) is 0 Å². The van der Waals surface area contributed by atoms with E-state index in [1.807, 2.05) is 61.5 Å². The zero-order valence-corrected chi connectivity index (χ0v) is 17.9. The van der Waals surface area contributed by atoms with E-state index in [0.717, 1.165) is 16.7 Å². The number of hydrogen-bond acceptors (Lipinski definition) is 5. The highest BCUT2D eigenvalue weighted by Gasteiger charge is 2.09. The summed E-state index contributed by atoms with van der Waals surface area (Å²) < 4.78 is 11.1. The molecule has 0 atom stereocenters. The average molecular weight is 425 g/mol. The van der Waals surface area contributed by atoms with Crippen molar-refractivity contribution in [2.45, 2.75) is 13.5 Å². The van der Waals surface area contributed by atoms with Crippen molar-refractivity contribution in [1.82, 2.24) is 15.3 Å². The van der Waals surface area contributed by atoms with Gasteiger partial charge in [0, 0.05) is 29.8 Å². The van der Waals surface area contributed by atoms with Gasteiger partial charge in [-0.1, -0.05) is 42.5 Å². The number of methoxy groups -OCH3 is 1. The molecule has 0 aliphatic heterocycles. The second-order valence-corrected chi connectivity index (χ2v) is 7.21. The van der Waals surface area contributed by atoms with E-state index < -0.39 is 0 Å². The number of carbonyl (C=O) groups is 1. The topological polar surface area (TPSA) is 73.3 Å². The number of aryl methyl sites for hydroxylation is 1. The first-order chi connectivity index (χ1) is 15.6. The van der Waals surface area contributed by atoms with Crippen molar-refractivity contribution in [3.8, 4) is 28.6 Å². The van der Waals surface area contributed by atoms with Crippen LogP contribution >= 0.6 is 0 Å². The Kier molecular flexibility index (Phi) is 6.41. The number of nitrogens with zero attached hydrogens (tertiary/aromatic N) is 2. The summed E-state index contributed by atoms with van der Waals surface area (Å²) in [6, 6.07) is 24.4. The van der Waals surface area contributed by atoms with Crippen LogP contribution in [0.2, 0.25) is 0 Å². The van der Waals surface area contributed by atoms with E-state index in [9.17, 15) is 4.79 Å². The van der Waals surface area contributed by atoms with E-state index in [2.05, 4.69) is 15.3 Å². The predicted molar refractivity (Wildman–Crippen MR) is 123 cm³/mol. The lowest BCUT2D eigenvalue weighted by Crippen LogP contribution is -2.23. The molecule has 0 aliphatic rings. The van der Waals surface area contributed by atoms with Gasteiger partial charge in [-0.2, -0.15) is 0 Å². The molecular formula is C26H23N3O3. The van der Waals surface area contributed by atoms with Gasteiger partial charge in [-0.25, -0.2) is 9.97 Å². The summed E-state index contributed by atoms with van der Waals surface area (Å²) in [7, 11) is 1.61. The minimum Gasteiger partial charge on any atom is -0.497 e. The van der Waals surface area contributed by atoms with Crippen LogP contribution in [0, 0.1) is 6.92 Å². The quantitative estimate of drug-likeness (QED) is 0.441. The monoisotopic (exact) mass is 425 g/mol. The molecule has 0 saturated heterocycles. The Bertz CT molecular complexity index is 1220. The number of hydrogen-bond donors (Lipinski definition) is 1. The second kappa shape index (κ2) is 9.75. The van der Waals surface area contributed by atoms with Crippen LogP contribution in [0.5, 0.6) is 17.4 Å². The van der Waals surface area contributed by atoms with Crippen molar-refractivity contribution >= 4 is 5.91 Å². The first-order valence-corrected chi connectivity index (χ1v) is 10.2. The maximum absolute atomic E-state index is 12.5. The number of nitrogens with one attached hydrogen (secondary N) is 1. The molecule has 160 valence electrons. The molecule has 6 heteroatoms. The van der Waals surface area contributed by atoms with Crippen molar-refractivity contribution in [3.05, 3.63) is 102 Å². The van der Waals surface area contributed by atoms with Crippen LogP contribution in [0.1, 0.15) is 21.5 Å². The third kappa shape index (κ3) is 5.10. The zero-order chi connectivity index (χ0) is 22.3. The predicted octanol–water partition coefficient (Wildman–Crippen LogP) is 5.18. The molecule has 1 N–H and O–H groups in total. The Hall–Kier alpha value is -4.19. The van der Waals surface area contributed by atoms with Crippen LogP contribution in [0.25, 0.3) is 11.3 Å². The number of benzene rings is 3. The summed E-state index contributed by atoms with van der Waals surface area (Å²) >= 11 is 0. The van der Waals surface area contributed by atoms with Crippen LogP contribution < -0.4 is 14.8 Å². The van der Waals surface area contributed by atoms with E-state index >= 15 is 0 Å². The molecule has 1 aromatic heterocycles. The van der Waals surface area contributed by atoms with Crippen molar-refractivity contribution < 1.29 is 14.3 Å². The van der Waals surface area contributed by atoms with Gasteiger partial charge in [0.15, 0.2) is 0 Å². The highest BCUT2D eigenvalue weighted by molar-refractivity contribution is 5.94. The molecule has 0 spiro atoms. The number of amides is 1. The van der Waals surface area contributed by atoms with E-state index in [-0.39, 0.29) is 5.91 Å². The van der Waals surface area contributed by atoms with Gasteiger partial charge in [0.2, 0.25) is 5.88 Å². The van der Waals surface area contributed by atoms with Gasteiger partial charge >= 0.3 is 0 Å². The lowest BCUT2D eigenvalue weighted by Gasteiger charge is -2.09. The maximum Gasteiger partial charge on any atom is 0.251 e. The molecule has 32 heavy (non-hydrogen) atoms. The van der Waals surface area contributed by atoms with E-state index in [4.69, 9.17) is 9.47 Å².